The maximum absolute atomic E-state index is 12.2. The average molecular weight is 466 g/mol. The van der Waals surface area contributed by atoms with E-state index in [0.29, 0.717) is 41.4 Å². The Bertz CT molecular complexity index is 1440. The highest BCUT2D eigenvalue weighted by Gasteiger charge is 2.17. The van der Waals surface area contributed by atoms with Crippen molar-refractivity contribution in [2.75, 3.05) is 17.6 Å². The average Bonchev–Trinajstić information content (AvgIpc) is 3.26. The minimum atomic E-state index is -0.295. The summed E-state index contributed by atoms with van der Waals surface area (Å²) >= 11 is 0. The van der Waals surface area contributed by atoms with Crippen molar-refractivity contribution in [1.29, 1.82) is 0 Å². The van der Waals surface area contributed by atoms with Crippen LogP contribution in [-0.2, 0) is 6.54 Å². The van der Waals surface area contributed by atoms with Gasteiger partial charge in [0.25, 0.3) is 0 Å². The SMILES string of the molecule is Nc1ncnc2c1c(-c1ccc(Oc3ccccc3)cc1)nn2CCNC(=O)Nc1ccccc1. The molecule has 4 N–H and O–H groups in total. The van der Waals surface area contributed by atoms with Gasteiger partial charge in [0, 0.05) is 17.8 Å². The number of fused-ring (bicyclic) bond motifs is 1. The summed E-state index contributed by atoms with van der Waals surface area (Å²) in [6, 6.07) is 26.1. The fourth-order valence-corrected chi connectivity index (χ4v) is 3.67. The standard InChI is InChI=1S/C26H23N7O2/c27-24-22-23(18-11-13-21(14-12-18)35-20-9-5-2-6-10-20)32-33(25(22)30-17-29-24)16-15-28-26(34)31-19-7-3-1-4-8-19/h1-14,17H,15-16H2,(H2,27,29,30)(H2,28,31,34). The van der Waals surface area contributed by atoms with Gasteiger partial charge >= 0.3 is 6.03 Å². The van der Waals surface area contributed by atoms with Crippen molar-refractivity contribution in [3.8, 4) is 22.8 Å². The molecule has 9 nitrogen and oxygen atoms in total. The second-order valence-corrected chi connectivity index (χ2v) is 7.72. The van der Waals surface area contributed by atoms with Gasteiger partial charge in [-0.15, -0.1) is 0 Å². The van der Waals surface area contributed by atoms with Crippen LogP contribution in [0.3, 0.4) is 0 Å². The Kier molecular flexibility index (Phi) is 6.21. The smallest absolute Gasteiger partial charge is 0.319 e. The summed E-state index contributed by atoms with van der Waals surface area (Å²) in [5.41, 5.74) is 9.03. The van der Waals surface area contributed by atoms with Crippen LogP contribution in [0.1, 0.15) is 0 Å². The van der Waals surface area contributed by atoms with Gasteiger partial charge in [0.2, 0.25) is 0 Å². The Morgan fingerprint density at radius 1 is 0.886 bits per heavy atom. The van der Waals surface area contributed by atoms with Crippen molar-refractivity contribution in [2.24, 2.45) is 0 Å². The van der Waals surface area contributed by atoms with Crippen LogP contribution in [0.5, 0.6) is 11.5 Å². The van der Waals surface area contributed by atoms with Crippen LogP contribution in [0, 0.1) is 0 Å². The molecule has 174 valence electrons. The second kappa shape index (κ2) is 9.92. The molecule has 0 radical (unpaired) electrons. The number of hydrogen-bond acceptors (Lipinski definition) is 6. The third-order valence-electron chi connectivity index (χ3n) is 5.31. The van der Waals surface area contributed by atoms with E-state index in [1.807, 2.05) is 84.9 Å². The van der Waals surface area contributed by atoms with E-state index in [9.17, 15) is 4.79 Å². The Morgan fingerprint density at radius 2 is 1.57 bits per heavy atom. The van der Waals surface area contributed by atoms with Crippen LogP contribution >= 0.6 is 0 Å². The van der Waals surface area contributed by atoms with Crippen LogP contribution < -0.4 is 21.1 Å². The van der Waals surface area contributed by atoms with Gasteiger partial charge < -0.3 is 21.1 Å². The molecule has 9 heteroatoms. The van der Waals surface area contributed by atoms with Crippen molar-refractivity contribution in [3.05, 3.63) is 91.3 Å². The molecule has 0 aliphatic carbocycles. The lowest BCUT2D eigenvalue weighted by molar-refractivity contribution is 0.251. The van der Waals surface area contributed by atoms with Crippen LogP contribution in [0.15, 0.2) is 91.3 Å². The molecular formula is C26H23N7O2. The maximum Gasteiger partial charge on any atom is 0.319 e. The number of nitrogens with two attached hydrogens (primary N) is 1. The molecule has 5 aromatic rings. The molecule has 0 saturated heterocycles. The number of nitrogens with one attached hydrogen (secondary N) is 2. The summed E-state index contributed by atoms with van der Waals surface area (Å²) in [4.78, 5) is 20.7. The van der Waals surface area contributed by atoms with Gasteiger partial charge in [-0.3, -0.25) is 0 Å². The zero-order chi connectivity index (χ0) is 24.0. The zero-order valence-electron chi connectivity index (χ0n) is 18.8. The summed E-state index contributed by atoms with van der Waals surface area (Å²) in [7, 11) is 0. The third-order valence-corrected chi connectivity index (χ3v) is 5.31. The molecule has 5 rings (SSSR count). The largest absolute Gasteiger partial charge is 0.457 e. The first kappa shape index (κ1) is 21.9. The summed E-state index contributed by atoms with van der Waals surface area (Å²) in [6.07, 6.45) is 1.41. The van der Waals surface area contributed by atoms with Crippen LogP contribution in [-0.4, -0.2) is 32.3 Å². The molecule has 0 unspecified atom stereocenters. The molecule has 0 aliphatic heterocycles. The fraction of sp³-hybridized carbons (Fsp3) is 0.0769. The number of ether oxygens (including phenoxy) is 1. The molecule has 0 atom stereocenters. The summed E-state index contributed by atoms with van der Waals surface area (Å²) in [6.45, 7) is 0.757. The number of carbonyl (C=O) groups excluding carboxylic acids is 1. The lowest BCUT2D eigenvalue weighted by Gasteiger charge is -2.08. The number of rotatable bonds is 7. The molecule has 2 aromatic heterocycles. The molecule has 2 amide bonds. The summed E-state index contributed by atoms with van der Waals surface area (Å²) < 4.78 is 7.60. The van der Waals surface area contributed by atoms with E-state index in [0.717, 1.165) is 17.0 Å². The minimum Gasteiger partial charge on any atom is -0.457 e. The van der Waals surface area contributed by atoms with E-state index in [-0.39, 0.29) is 6.03 Å². The van der Waals surface area contributed by atoms with Crippen molar-refractivity contribution in [2.45, 2.75) is 6.54 Å². The second-order valence-electron chi connectivity index (χ2n) is 7.72. The Morgan fingerprint density at radius 3 is 2.31 bits per heavy atom. The monoisotopic (exact) mass is 465 g/mol. The minimum absolute atomic E-state index is 0.295. The lowest BCUT2D eigenvalue weighted by atomic mass is 10.1. The molecule has 0 saturated carbocycles. The maximum atomic E-state index is 12.2. The van der Waals surface area contributed by atoms with Gasteiger partial charge in [0.05, 0.1) is 11.9 Å². The van der Waals surface area contributed by atoms with E-state index < -0.39 is 0 Å². The van der Waals surface area contributed by atoms with Gasteiger partial charge in [0.15, 0.2) is 5.65 Å². The van der Waals surface area contributed by atoms with Gasteiger partial charge in [-0.05, 0) is 48.5 Å². The summed E-state index contributed by atoms with van der Waals surface area (Å²) in [5.74, 6) is 1.81. The number of urea groups is 1. The van der Waals surface area contributed by atoms with Gasteiger partial charge in [-0.1, -0.05) is 36.4 Å². The molecule has 0 aliphatic rings. The number of amides is 2. The Balaban J connectivity index is 1.33. The number of carbonyl (C=O) groups is 1. The van der Waals surface area contributed by atoms with Crippen molar-refractivity contribution >= 4 is 28.6 Å². The number of benzene rings is 3. The Hall–Kier alpha value is -4.92. The van der Waals surface area contributed by atoms with Gasteiger partial charge in [-0.2, -0.15) is 5.10 Å². The first-order valence-electron chi connectivity index (χ1n) is 11.1. The lowest BCUT2D eigenvalue weighted by Crippen LogP contribution is -2.31. The third kappa shape index (κ3) is 5.03. The van der Waals surface area contributed by atoms with Gasteiger partial charge in [-0.25, -0.2) is 19.4 Å². The number of nitrogen functional groups attached to an aromatic ring is 1. The first-order chi connectivity index (χ1) is 17.2. The quantitative estimate of drug-likeness (QED) is 0.321. The number of anilines is 2. The molecule has 0 spiro atoms. The topological polar surface area (TPSA) is 120 Å². The van der Waals surface area contributed by atoms with Gasteiger partial charge in [0.1, 0.15) is 29.3 Å². The Labute approximate surface area is 201 Å². The van der Waals surface area contributed by atoms with Crippen LogP contribution in [0.25, 0.3) is 22.3 Å². The predicted octanol–water partition coefficient (Wildman–Crippen LogP) is 4.69. The van der Waals surface area contributed by atoms with Crippen molar-refractivity contribution in [1.82, 2.24) is 25.1 Å². The number of nitrogens with zero attached hydrogens (tertiary/aromatic N) is 4. The van der Waals surface area contributed by atoms with Crippen molar-refractivity contribution < 1.29 is 9.53 Å². The highest BCUT2D eigenvalue weighted by molar-refractivity contribution is 5.98. The number of aromatic nitrogens is 4. The summed E-state index contributed by atoms with van der Waals surface area (Å²) in [5, 5.41) is 11.0. The first-order valence-corrected chi connectivity index (χ1v) is 11.1. The van der Waals surface area contributed by atoms with E-state index >= 15 is 0 Å². The highest BCUT2D eigenvalue weighted by atomic mass is 16.5. The molecular weight excluding hydrogens is 442 g/mol. The van der Waals surface area contributed by atoms with E-state index in [4.69, 9.17) is 15.6 Å². The van der Waals surface area contributed by atoms with Crippen LogP contribution in [0.4, 0.5) is 16.3 Å². The van der Waals surface area contributed by atoms with E-state index in [2.05, 4.69) is 20.6 Å². The zero-order valence-corrected chi connectivity index (χ0v) is 18.8. The van der Waals surface area contributed by atoms with E-state index in [1.165, 1.54) is 6.33 Å². The van der Waals surface area contributed by atoms with Crippen molar-refractivity contribution in [3.63, 3.8) is 0 Å². The molecule has 0 fully saturated rings. The fourth-order valence-electron chi connectivity index (χ4n) is 3.67. The van der Waals surface area contributed by atoms with E-state index in [1.54, 1.807) is 4.68 Å². The normalized spacial score (nSPS) is 10.7. The number of hydrogen-bond donors (Lipinski definition) is 3. The number of para-hydroxylation sites is 2. The molecule has 3 aromatic carbocycles. The predicted molar refractivity (Wildman–Crippen MR) is 135 cm³/mol. The highest BCUT2D eigenvalue weighted by Crippen LogP contribution is 2.31. The van der Waals surface area contributed by atoms with Crippen LogP contribution in [0.2, 0.25) is 0 Å². The molecule has 35 heavy (non-hydrogen) atoms. The molecule has 2 heterocycles. The molecule has 0 bridgehead atoms.